The fourth-order valence-electron chi connectivity index (χ4n) is 2.36. The van der Waals surface area contributed by atoms with E-state index in [0.717, 1.165) is 37.1 Å². The van der Waals surface area contributed by atoms with Crippen LogP contribution in [0.2, 0.25) is 0 Å². The molecule has 1 atom stereocenters. The lowest BCUT2D eigenvalue weighted by Crippen LogP contribution is -2.49. The molecule has 1 aromatic carbocycles. The zero-order valence-corrected chi connectivity index (χ0v) is 12.8. The van der Waals surface area contributed by atoms with Crippen LogP contribution in [0.15, 0.2) is 22.7 Å². The lowest BCUT2D eigenvalue weighted by Gasteiger charge is -2.30. The minimum atomic E-state index is -0.147. The van der Waals surface area contributed by atoms with Crippen molar-refractivity contribution in [2.75, 3.05) is 33.2 Å². The number of hydrogen-bond donors (Lipinski definition) is 2. The lowest BCUT2D eigenvalue weighted by molar-refractivity contribution is 0.231. The van der Waals surface area contributed by atoms with Gasteiger partial charge in [-0.2, -0.15) is 0 Å². The molecule has 3 nitrogen and oxygen atoms in total. The first-order valence-electron chi connectivity index (χ1n) is 6.72. The van der Waals surface area contributed by atoms with Gasteiger partial charge in [0, 0.05) is 42.3 Å². The van der Waals surface area contributed by atoms with Crippen molar-refractivity contribution in [1.82, 2.24) is 15.5 Å². The molecule has 1 aliphatic heterocycles. The Hall–Kier alpha value is -0.490. The van der Waals surface area contributed by atoms with Crippen LogP contribution in [0.25, 0.3) is 0 Å². The van der Waals surface area contributed by atoms with E-state index < -0.39 is 0 Å². The maximum Gasteiger partial charge on any atom is 0.127 e. The van der Waals surface area contributed by atoms with Crippen molar-refractivity contribution in [3.8, 4) is 0 Å². The molecule has 0 saturated carbocycles. The Bertz CT molecular complexity index is 414. The molecule has 106 valence electrons. The van der Waals surface area contributed by atoms with Crippen LogP contribution in [0.5, 0.6) is 0 Å². The third-order valence-electron chi connectivity index (χ3n) is 3.45. The largest absolute Gasteiger partial charge is 0.313 e. The molecule has 0 aromatic heterocycles. The first-order valence-corrected chi connectivity index (χ1v) is 7.51. The number of halogens is 2. The molecule has 0 radical (unpaired) electrons. The van der Waals surface area contributed by atoms with Gasteiger partial charge in [-0.15, -0.1) is 0 Å². The maximum atomic E-state index is 13.5. The van der Waals surface area contributed by atoms with E-state index in [-0.39, 0.29) is 5.82 Å². The molecule has 1 aromatic rings. The monoisotopic (exact) mass is 329 g/mol. The Kier molecular flexibility index (Phi) is 5.76. The summed E-state index contributed by atoms with van der Waals surface area (Å²) < 4.78 is 14.4. The van der Waals surface area contributed by atoms with E-state index in [1.54, 1.807) is 6.07 Å². The summed E-state index contributed by atoms with van der Waals surface area (Å²) in [6, 6.07) is 5.59. The number of hydrogen-bond acceptors (Lipinski definition) is 3. The minimum absolute atomic E-state index is 0.147. The van der Waals surface area contributed by atoms with Gasteiger partial charge in [0.1, 0.15) is 5.82 Å². The van der Waals surface area contributed by atoms with Gasteiger partial charge in [-0.3, -0.25) is 0 Å². The van der Waals surface area contributed by atoms with Crippen LogP contribution >= 0.6 is 15.9 Å². The molecule has 2 N–H and O–H groups in total. The van der Waals surface area contributed by atoms with E-state index in [1.807, 2.05) is 6.07 Å². The van der Waals surface area contributed by atoms with Crippen LogP contribution in [0.3, 0.4) is 0 Å². The van der Waals surface area contributed by atoms with Crippen molar-refractivity contribution in [2.24, 2.45) is 0 Å². The standard InChI is InChI=1S/C14H21BrFN3/c1-19-7-6-18-13(10-19)4-5-17-9-11-8-12(15)2-3-14(11)16/h2-3,8,13,17-18H,4-7,9-10H2,1H3. The van der Waals surface area contributed by atoms with Gasteiger partial charge in [0.25, 0.3) is 0 Å². The second-order valence-electron chi connectivity index (χ2n) is 5.11. The predicted molar refractivity (Wildman–Crippen MR) is 79.7 cm³/mol. The number of benzene rings is 1. The minimum Gasteiger partial charge on any atom is -0.313 e. The summed E-state index contributed by atoms with van der Waals surface area (Å²) in [5.74, 6) is -0.147. The summed E-state index contributed by atoms with van der Waals surface area (Å²) in [4.78, 5) is 2.34. The number of likely N-dealkylation sites (N-methyl/N-ethyl adjacent to an activating group) is 1. The maximum absolute atomic E-state index is 13.5. The third kappa shape index (κ3) is 4.84. The number of nitrogens with zero attached hydrogens (tertiary/aromatic N) is 1. The predicted octanol–water partition coefficient (Wildman–Crippen LogP) is 1.97. The molecule has 1 fully saturated rings. The summed E-state index contributed by atoms with van der Waals surface area (Å²) in [6.07, 6.45) is 1.07. The van der Waals surface area contributed by atoms with Gasteiger partial charge in [-0.05, 0) is 38.2 Å². The summed E-state index contributed by atoms with van der Waals surface area (Å²) in [5.41, 5.74) is 0.711. The van der Waals surface area contributed by atoms with E-state index >= 15 is 0 Å². The molecule has 0 amide bonds. The number of rotatable bonds is 5. The van der Waals surface area contributed by atoms with Crippen LogP contribution in [-0.2, 0) is 6.54 Å². The lowest BCUT2D eigenvalue weighted by atomic mass is 10.1. The molecule has 1 heterocycles. The van der Waals surface area contributed by atoms with Crippen molar-refractivity contribution in [2.45, 2.75) is 19.0 Å². The summed E-state index contributed by atoms with van der Waals surface area (Å²) in [7, 11) is 2.15. The molecular formula is C14H21BrFN3. The van der Waals surface area contributed by atoms with Gasteiger partial charge in [0.05, 0.1) is 0 Å². The van der Waals surface area contributed by atoms with E-state index in [9.17, 15) is 4.39 Å². The third-order valence-corrected chi connectivity index (χ3v) is 3.94. The first kappa shape index (κ1) is 14.9. The van der Waals surface area contributed by atoms with Gasteiger partial charge >= 0.3 is 0 Å². The normalized spacial score (nSPS) is 20.7. The van der Waals surface area contributed by atoms with E-state index in [2.05, 4.69) is 38.5 Å². The highest BCUT2D eigenvalue weighted by molar-refractivity contribution is 9.10. The number of piperazine rings is 1. The molecule has 0 aliphatic carbocycles. The van der Waals surface area contributed by atoms with Gasteiger partial charge in [0.2, 0.25) is 0 Å². The zero-order valence-electron chi connectivity index (χ0n) is 11.3. The molecular weight excluding hydrogens is 309 g/mol. The van der Waals surface area contributed by atoms with Crippen LogP contribution in [-0.4, -0.2) is 44.2 Å². The molecule has 1 unspecified atom stereocenters. The SMILES string of the molecule is CN1CCNC(CCNCc2cc(Br)ccc2F)C1. The van der Waals surface area contributed by atoms with Gasteiger partial charge < -0.3 is 15.5 Å². The first-order chi connectivity index (χ1) is 9.15. The molecule has 1 saturated heterocycles. The van der Waals surface area contributed by atoms with Gasteiger partial charge in [-0.25, -0.2) is 4.39 Å². The Morgan fingerprint density at radius 1 is 1.53 bits per heavy atom. The van der Waals surface area contributed by atoms with Crippen LogP contribution < -0.4 is 10.6 Å². The van der Waals surface area contributed by atoms with Crippen molar-refractivity contribution in [1.29, 1.82) is 0 Å². The summed E-state index contributed by atoms with van der Waals surface area (Å²) in [6.45, 7) is 4.74. The summed E-state index contributed by atoms with van der Waals surface area (Å²) >= 11 is 3.36. The zero-order chi connectivity index (χ0) is 13.7. The topological polar surface area (TPSA) is 27.3 Å². The van der Waals surface area contributed by atoms with Gasteiger partial charge in [-0.1, -0.05) is 15.9 Å². The Balaban J connectivity index is 1.70. The van der Waals surface area contributed by atoms with Crippen LogP contribution in [0.1, 0.15) is 12.0 Å². The fourth-order valence-corrected chi connectivity index (χ4v) is 2.77. The van der Waals surface area contributed by atoms with Gasteiger partial charge in [0.15, 0.2) is 0 Å². The van der Waals surface area contributed by atoms with Crippen molar-refractivity contribution in [3.63, 3.8) is 0 Å². The molecule has 5 heteroatoms. The highest BCUT2D eigenvalue weighted by Gasteiger charge is 2.15. The Labute approximate surface area is 122 Å². The van der Waals surface area contributed by atoms with Crippen molar-refractivity contribution < 1.29 is 4.39 Å². The highest BCUT2D eigenvalue weighted by Crippen LogP contribution is 2.15. The van der Waals surface area contributed by atoms with E-state index in [0.29, 0.717) is 18.2 Å². The Morgan fingerprint density at radius 3 is 3.16 bits per heavy atom. The van der Waals surface area contributed by atoms with E-state index in [4.69, 9.17) is 0 Å². The van der Waals surface area contributed by atoms with Crippen molar-refractivity contribution >= 4 is 15.9 Å². The molecule has 2 rings (SSSR count). The van der Waals surface area contributed by atoms with E-state index in [1.165, 1.54) is 6.07 Å². The molecule has 1 aliphatic rings. The second kappa shape index (κ2) is 7.33. The van der Waals surface area contributed by atoms with Crippen LogP contribution in [0, 0.1) is 5.82 Å². The molecule has 19 heavy (non-hydrogen) atoms. The second-order valence-corrected chi connectivity index (χ2v) is 6.03. The average Bonchev–Trinajstić information content (AvgIpc) is 2.39. The molecule has 0 bridgehead atoms. The summed E-state index contributed by atoms with van der Waals surface area (Å²) in [5, 5.41) is 6.82. The average molecular weight is 330 g/mol. The Morgan fingerprint density at radius 2 is 2.37 bits per heavy atom. The smallest absolute Gasteiger partial charge is 0.127 e. The highest BCUT2D eigenvalue weighted by atomic mass is 79.9. The fraction of sp³-hybridized carbons (Fsp3) is 0.571. The quantitative estimate of drug-likeness (QED) is 0.809. The van der Waals surface area contributed by atoms with Crippen molar-refractivity contribution in [3.05, 3.63) is 34.1 Å². The molecule has 0 spiro atoms. The van der Waals surface area contributed by atoms with Crippen LogP contribution in [0.4, 0.5) is 4.39 Å². The number of nitrogens with one attached hydrogen (secondary N) is 2.